The molecule has 1 aliphatic carbocycles. The van der Waals surface area contributed by atoms with Gasteiger partial charge in [-0.2, -0.15) is 0 Å². The number of aromatic nitrogens is 1. The fourth-order valence-electron chi connectivity index (χ4n) is 1.72. The van der Waals surface area contributed by atoms with Gasteiger partial charge in [-0.15, -0.1) is 0 Å². The van der Waals surface area contributed by atoms with Crippen molar-refractivity contribution in [2.75, 3.05) is 0 Å². The van der Waals surface area contributed by atoms with Crippen LogP contribution in [0.5, 0.6) is 0 Å². The van der Waals surface area contributed by atoms with Crippen molar-refractivity contribution < 1.29 is 9.21 Å². The summed E-state index contributed by atoms with van der Waals surface area (Å²) < 4.78 is 5.20. The lowest BCUT2D eigenvalue weighted by molar-refractivity contribution is 0.111. The Kier molecular flexibility index (Phi) is 1.94. The van der Waals surface area contributed by atoms with Gasteiger partial charge >= 0.3 is 0 Å². The number of carbonyl (C=O) groups is 1. The van der Waals surface area contributed by atoms with Crippen LogP contribution in [0.2, 0.25) is 0 Å². The second-order valence-corrected chi connectivity index (χ2v) is 3.21. The molecule has 1 fully saturated rings. The second kappa shape index (κ2) is 3.09. The molecule has 0 spiro atoms. The Morgan fingerprint density at radius 1 is 1.50 bits per heavy atom. The molecule has 3 nitrogen and oxygen atoms in total. The molecule has 0 unspecified atom stereocenters. The van der Waals surface area contributed by atoms with Crippen molar-refractivity contribution in [3.05, 3.63) is 17.8 Å². The Hall–Kier alpha value is -1.12. The molecule has 2 rings (SSSR count). The van der Waals surface area contributed by atoms with Crippen LogP contribution in [0.1, 0.15) is 48.0 Å². The highest BCUT2D eigenvalue weighted by atomic mass is 16.3. The molecule has 0 amide bonds. The summed E-state index contributed by atoms with van der Waals surface area (Å²) in [4.78, 5) is 14.4. The summed E-state index contributed by atoms with van der Waals surface area (Å²) in [6.07, 6.45) is 6.97. The lowest BCUT2D eigenvalue weighted by Crippen LogP contribution is -1.92. The van der Waals surface area contributed by atoms with Crippen LogP contribution in [-0.4, -0.2) is 11.3 Å². The first kappa shape index (κ1) is 7.53. The fourth-order valence-corrected chi connectivity index (χ4v) is 1.72. The molecular weight excluding hydrogens is 154 g/mol. The first-order valence-electron chi connectivity index (χ1n) is 4.31. The van der Waals surface area contributed by atoms with Crippen LogP contribution in [0.15, 0.2) is 10.7 Å². The minimum atomic E-state index is 0.414. The van der Waals surface area contributed by atoms with Crippen molar-refractivity contribution in [3.8, 4) is 0 Å². The maximum Gasteiger partial charge on any atom is 0.197 e. The van der Waals surface area contributed by atoms with E-state index in [-0.39, 0.29) is 0 Å². The number of carbonyl (C=O) groups excluding carboxylic acids is 1. The van der Waals surface area contributed by atoms with Gasteiger partial charge in [0.15, 0.2) is 12.2 Å². The third-order valence-corrected chi connectivity index (χ3v) is 2.36. The van der Waals surface area contributed by atoms with E-state index in [4.69, 9.17) is 4.42 Å². The zero-order valence-corrected chi connectivity index (χ0v) is 6.82. The van der Waals surface area contributed by atoms with Crippen LogP contribution in [0.4, 0.5) is 0 Å². The van der Waals surface area contributed by atoms with Crippen molar-refractivity contribution in [3.63, 3.8) is 0 Å². The van der Waals surface area contributed by atoms with Gasteiger partial charge in [-0.1, -0.05) is 12.8 Å². The SMILES string of the molecule is O=Cc1coc(C2CCCC2)n1. The van der Waals surface area contributed by atoms with Crippen LogP contribution in [0.3, 0.4) is 0 Å². The van der Waals surface area contributed by atoms with Gasteiger partial charge in [0.1, 0.15) is 12.0 Å². The normalized spacial score (nSPS) is 18.3. The van der Waals surface area contributed by atoms with Crippen molar-refractivity contribution in [2.45, 2.75) is 31.6 Å². The average Bonchev–Trinajstić information content (AvgIpc) is 2.75. The van der Waals surface area contributed by atoms with E-state index >= 15 is 0 Å². The van der Waals surface area contributed by atoms with E-state index < -0.39 is 0 Å². The Labute approximate surface area is 70.8 Å². The fraction of sp³-hybridized carbons (Fsp3) is 0.556. The first-order chi connectivity index (χ1) is 5.90. The molecule has 1 saturated carbocycles. The molecule has 0 aromatic carbocycles. The van der Waals surface area contributed by atoms with Gasteiger partial charge in [0, 0.05) is 5.92 Å². The van der Waals surface area contributed by atoms with E-state index in [2.05, 4.69) is 4.98 Å². The summed E-state index contributed by atoms with van der Waals surface area (Å²) in [6, 6.07) is 0. The number of rotatable bonds is 2. The Morgan fingerprint density at radius 3 is 2.83 bits per heavy atom. The van der Waals surface area contributed by atoms with Gasteiger partial charge in [0.2, 0.25) is 0 Å². The van der Waals surface area contributed by atoms with E-state index in [1.54, 1.807) is 0 Å². The third kappa shape index (κ3) is 1.26. The molecule has 0 atom stereocenters. The smallest absolute Gasteiger partial charge is 0.197 e. The minimum Gasteiger partial charge on any atom is -0.448 e. The van der Waals surface area contributed by atoms with E-state index in [0.717, 1.165) is 25.0 Å². The number of nitrogens with zero attached hydrogens (tertiary/aromatic N) is 1. The van der Waals surface area contributed by atoms with Crippen molar-refractivity contribution >= 4 is 6.29 Å². The molecule has 64 valence electrons. The van der Waals surface area contributed by atoms with Gasteiger partial charge < -0.3 is 4.42 Å². The van der Waals surface area contributed by atoms with Gasteiger partial charge in [0.05, 0.1) is 0 Å². The number of oxazole rings is 1. The Balaban J connectivity index is 2.16. The number of aldehydes is 1. The first-order valence-corrected chi connectivity index (χ1v) is 4.31. The van der Waals surface area contributed by atoms with Gasteiger partial charge in [-0.05, 0) is 12.8 Å². The van der Waals surface area contributed by atoms with E-state index in [0.29, 0.717) is 11.6 Å². The van der Waals surface area contributed by atoms with Crippen LogP contribution >= 0.6 is 0 Å². The highest BCUT2D eigenvalue weighted by Crippen LogP contribution is 2.33. The molecule has 1 aliphatic rings. The zero-order valence-electron chi connectivity index (χ0n) is 6.82. The monoisotopic (exact) mass is 165 g/mol. The molecule has 0 saturated heterocycles. The second-order valence-electron chi connectivity index (χ2n) is 3.21. The highest BCUT2D eigenvalue weighted by molar-refractivity contribution is 5.70. The number of hydrogen-bond acceptors (Lipinski definition) is 3. The summed E-state index contributed by atoms with van der Waals surface area (Å²) in [5, 5.41) is 0. The number of hydrogen-bond donors (Lipinski definition) is 0. The molecule has 0 N–H and O–H groups in total. The van der Waals surface area contributed by atoms with Gasteiger partial charge in [-0.25, -0.2) is 4.98 Å². The van der Waals surface area contributed by atoms with Crippen LogP contribution in [0.25, 0.3) is 0 Å². The van der Waals surface area contributed by atoms with Crippen LogP contribution < -0.4 is 0 Å². The highest BCUT2D eigenvalue weighted by Gasteiger charge is 2.21. The third-order valence-electron chi connectivity index (χ3n) is 2.36. The molecule has 3 heteroatoms. The predicted molar refractivity (Wildman–Crippen MR) is 43.1 cm³/mol. The van der Waals surface area contributed by atoms with Gasteiger partial charge in [0.25, 0.3) is 0 Å². The quantitative estimate of drug-likeness (QED) is 0.630. The standard InChI is InChI=1S/C9H11NO2/c11-5-8-6-12-9(10-8)7-3-1-2-4-7/h5-7H,1-4H2. The van der Waals surface area contributed by atoms with E-state index in [9.17, 15) is 4.79 Å². The molecule has 1 aromatic rings. The predicted octanol–water partition coefficient (Wildman–Crippen LogP) is 2.14. The van der Waals surface area contributed by atoms with Crippen LogP contribution in [0, 0.1) is 0 Å². The van der Waals surface area contributed by atoms with Crippen molar-refractivity contribution in [1.82, 2.24) is 4.98 Å². The van der Waals surface area contributed by atoms with Crippen molar-refractivity contribution in [2.24, 2.45) is 0 Å². The molecule has 1 aromatic heterocycles. The molecular formula is C9H11NO2. The summed E-state index contributed by atoms with van der Waals surface area (Å²) in [5.41, 5.74) is 0.414. The zero-order chi connectivity index (χ0) is 8.39. The van der Waals surface area contributed by atoms with Gasteiger partial charge in [-0.3, -0.25) is 4.79 Å². The Morgan fingerprint density at radius 2 is 2.25 bits per heavy atom. The summed E-state index contributed by atoms with van der Waals surface area (Å²) in [7, 11) is 0. The van der Waals surface area contributed by atoms with E-state index in [1.807, 2.05) is 0 Å². The Bertz CT molecular complexity index is 274. The average molecular weight is 165 g/mol. The molecule has 12 heavy (non-hydrogen) atoms. The largest absolute Gasteiger partial charge is 0.448 e. The van der Waals surface area contributed by atoms with E-state index in [1.165, 1.54) is 19.1 Å². The van der Waals surface area contributed by atoms with Crippen LogP contribution in [-0.2, 0) is 0 Å². The van der Waals surface area contributed by atoms with Crippen molar-refractivity contribution in [1.29, 1.82) is 0 Å². The molecule has 0 bridgehead atoms. The summed E-state index contributed by atoms with van der Waals surface area (Å²) in [5.74, 6) is 1.20. The lowest BCUT2D eigenvalue weighted by atomic mass is 10.1. The molecule has 1 heterocycles. The topological polar surface area (TPSA) is 43.1 Å². The lowest BCUT2D eigenvalue weighted by Gasteiger charge is -2.00. The summed E-state index contributed by atoms with van der Waals surface area (Å²) >= 11 is 0. The maximum absolute atomic E-state index is 10.3. The summed E-state index contributed by atoms with van der Waals surface area (Å²) in [6.45, 7) is 0. The molecule has 0 radical (unpaired) electrons. The molecule has 0 aliphatic heterocycles. The maximum atomic E-state index is 10.3. The minimum absolute atomic E-state index is 0.414.